The van der Waals surface area contributed by atoms with Crippen molar-refractivity contribution in [3.05, 3.63) is 158 Å². The predicted octanol–water partition coefficient (Wildman–Crippen LogP) is 23.3. The molecule has 0 aromatic heterocycles. The number of hydrogen-bond donors (Lipinski definition) is 0. The van der Waals surface area contributed by atoms with Crippen molar-refractivity contribution in [1.29, 1.82) is 0 Å². The van der Waals surface area contributed by atoms with E-state index in [-0.39, 0.29) is 31.1 Å². The molecule has 0 radical (unpaired) electrons. The number of allylic oxidation sites excluding steroid dienone is 26. The lowest BCUT2D eigenvalue weighted by Gasteiger charge is -2.18. The third kappa shape index (κ3) is 65.8. The van der Waals surface area contributed by atoms with Crippen LogP contribution < -0.4 is 0 Å². The van der Waals surface area contributed by atoms with E-state index < -0.39 is 6.10 Å². The van der Waals surface area contributed by atoms with Crippen molar-refractivity contribution in [2.24, 2.45) is 0 Å². The molecular weight excluding hydrogens is 1010 g/mol. The van der Waals surface area contributed by atoms with E-state index >= 15 is 0 Å². The summed E-state index contributed by atoms with van der Waals surface area (Å²) in [5.41, 5.74) is 0. The minimum absolute atomic E-state index is 0.105. The van der Waals surface area contributed by atoms with Gasteiger partial charge in [-0.05, 0) is 148 Å². The lowest BCUT2D eigenvalue weighted by molar-refractivity contribution is -0.167. The van der Waals surface area contributed by atoms with Crippen LogP contribution in [0.1, 0.15) is 284 Å². The molecule has 6 nitrogen and oxygen atoms in total. The van der Waals surface area contributed by atoms with Gasteiger partial charge in [0.15, 0.2) is 6.10 Å². The maximum atomic E-state index is 12.9. The third-order valence-electron chi connectivity index (χ3n) is 13.7. The zero-order chi connectivity index (χ0) is 59.2. The Morgan fingerprint density at radius 2 is 0.488 bits per heavy atom. The summed E-state index contributed by atoms with van der Waals surface area (Å²) in [6.45, 7) is 6.43. The van der Waals surface area contributed by atoms with Gasteiger partial charge < -0.3 is 14.2 Å². The molecular formula is C76H122O6. The van der Waals surface area contributed by atoms with Crippen LogP contribution in [0.2, 0.25) is 0 Å². The monoisotopic (exact) mass is 1130 g/mol. The average Bonchev–Trinajstić information content (AvgIpc) is 3.47. The van der Waals surface area contributed by atoms with Crippen molar-refractivity contribution in [2.75, 3.05) is 13.2 Å². The molecule has 0 N–H and O–H groups in total. The van der Waals surface area contributed by atoms with E-state index in [0.717, 1.165) is 173 Å². The van der Waals surface area contributed by atoms with Gasteiger partial charge >= 0.3 is 17.9 Å². The van der Waals surface area contributed by atoms with E-state index in [0.29, 0.717) is 19.3 Å². The van der Waals surface area contributed by atoms with Gasteiger partial charge in [-0.1, -0.05) is 275 Å². The first kappa shape index (κ1) is 77.0. The van der Waals surface area contributed by atoms with E-state index in [1.54, 1.807) is 0 Å². The molecule has 0 amide bonds. The van der Waals surface area contributed by atoms with Crippen molar-refractivity contribution in [3.8, 4) is 0 Å². The van der Waals surface area contributed by atoms with Crippen LogP contribution in [0.4, 0.5) is 0 Å². The second kappa shape index (κ2) is 68.5. The van der Waals surface area contributed by atoms with E-state index in [1.165, 1.54) is 70.6 Å². The number of unbranched alkanes of at least 4 members (excludes halogenated alkanes) is 22. The molecule has 0 spiro atoms. The first-order valence-electron chi connectivity index (χ1n) is 33.5. The Morgan fingerprint density at radius 3 is 0.780 bits per heavy atom. The van der Waals surface area contributed by atoms with Gasteiger partial charge in [0.1, 0.15) is 13.2 Å². The Balaban J connectivity index is 4.46. The highest BCUT2D eigenvalue weighted by atomic mass is 16.6. The summed E-state index contributed by atoms with van der Waals surface area (Å²) in [6, 6.07) is 0. The van der Waals surface area contributed by atoms with Crippen LogP contribution in [-0.4, -0.2) is 37.2 Å². The average molecular weight is 1130 g/mol. The van der Waals surface area contributed by atoms with E-state index in [2.05, 4.69) is 179 Å². The molecule has 0 aliphatic rings. The quantitative estimate of drug-likeness (QED) is 0.0261. The van der Waals surface area contributed by atoms with Crippen LogP contribution in [0.25, 0.3) is 0 Å². The molecule has 462 valence electrons. The third-order valence-corrected chi connectivity index (χ3v) is 13.7. The Hall–Kier alpha value is -4.97. The number of esters is 3. The normalized spacial score (nSPS) is 13.2. The molecule has 0 saturated heterocycles. The van der Waals surface area contributed by atoms with Gasteiger partial charge in [0, 0.05) is 19.3 Å². The summed E-state index contributed by atoms with van der Waals surface area (Å²) in [4.78, 5) is 38.4. The van der Waals surface area contributed by atoms with Gasteiger partial charge in [-0.2, -0.15) is 0 Å². The van der Waals surface area contributed by atoms with Crippen LogP contribution in [0, 0.1) is 0 Å². The molecule has 1 atom stereocenters. The molecule has 0 aliphatic carbocycles. The highest BCUT2D eigenvalue weighted by Crippen LogP contribution is 2.14. The van der Waals surface area contributed by atoms with E-state index in [9.17, 15) is 14.4 Å². The highest BCUT2D eigenvalue weighted by Gasteiger charge is 2.19. The van der Waals surface area contributed by atoms with Crippen molar-refractivity contribution in [1.82, 2.24) is 0 Å². The second-order valence-electron chi connectivity index (χ2n) is 21.6. The summed E-state index contributed by atoms with van der Waals surface area (Å²) in [5.74, 6) is -0.957. The second-order valence-corrected chi connectivity index (χ2v) is 21.6. The molecule has 0 fully saturated rings. The molecule has 0 saturated carbocycles. The van der Waals surface area contributed by atoms with Crippen LogP contribution >= 0.6 is 0 Å². The van der Waals surface area contributed by atoms with Crippen molar-refractivity contribution in [3.63, 3.8) is 0 Å². The largest absolute Gasteiger partial charge is 0.462 e. The zero-order valence-corrected chi connectivity index (χ0v) is 52.9. The molecule has 6 heteroatoms. The topological polar surface area (TPSA) is 78.9 Å². The SMILES string of the molecule is CC/C=C\C/C=C\C/C=C\C/C=C\C/C=C\C/C=C\C/C=C\C/C=C\CCCCCCC(=O)OCC(COC(=O)CCCCCCC/C=C\C/C=C\CCCC)OC(=O)CCCCCCCC/C=C\C/C=C\C/C=C\CCCCCCC. The molecule has 0 aliphatic heterocycles. The predicted molar refractivity (Wildman–Crippen MR) is 357 cm³/mol. The smallest absolute Gasteiger partial charge is 0.306 e. The van der Waals surface area contributed by atoms with E-state index in [4.69, 9.17) is 14.2 Å². The Bertz CT molecular complexity index is 1830. The Morgan fingerprint density at radius 1 is 0.256 bits per heavy atom. The highest BCUT2D eigenvalue weighted by molar-refractivity contribution is 5.71. The summed E-state index contributed by atoms with van der Waals surface area (Å²) >= 11 is 0. The first-order valence-corrected chi connectivity index (χ1v) is 33.5. The number of carbonyl (C=O) groups is 3. The minimum atomic E-state index is -0.811. The molecule has 1 unspecified atom stereocenters. The molecule has 0 rings (SSSR count). The summed E-state index contributed by atoms with van der Waals surface area (Å²) < 4.78 is 16.9. The van der Waals surface area contributed by atoms with Gasteiger partial charge in [0.05, 0.1) is 0 Å². The molecule has 0 bridgehead atoms. The van der Waals surface area contributed by atoms with Gasteiger partial charge in [-0.15, -0.1) is 0 Å². The van der Waals surface area contributed by atoms with Crippen LogP contribution in [0.3, 0.4) is 0 Å². The fraction of sp³-hybridized carbons (Fsp3) is 0.618. The van der Waals surface area contributed by atoms with E-state index in [1.807, 2.05) is 0 Å². The van der Waals surface area contributed by atoms with Crippen molar-refractivity contribution >= 4 is 17.9 Å². The first-order chi connectivity index (χ1) is 40.5. The number of hydrogen-bond acceptors (Lipinski definition) is 6. The zero-order valence-electron chi connectivity index (χ0n) is 52.9. The maximum absolute atomic E-state index is 12.9. The summed E-state index contributed by atoms with van der Waals surface area (Å²) in [6.07, 6.45) is 99.6. The number of ether oxygens (including phenoxy) is 3. The minimum Gasteiger partial charge on any atom is -0.462 e. The standard InChI is InChI=1S/C76H122O6/c1-4-7-10-13-16-19-22-25-28-30-32-34-35-36-37-38-39-40-41-43-44-46-48-51-54-57-60-63-66-69-75(78)81-72-73(71-80-74(77)68-65-62-59-56-53-50-27-24-21-18-15-12-9-6-3)82-76(79)70-67-64-61-58-55-52-49-47-45-42-33-31-29-26-23-20-17-14-11-8-5-2/h7,10,15-16,18-19,23-28,31-34,36-37,39-40,43-45,47-48,51,73H,4-6,8-9,11-14,17,20-22,29-30,35,38,41-42,46,49-50,52-72H2,1-3H3/b10-7-,18-15-,19-16-,26-23-,27-24-,28-25-,33-31-,34-32-,37-36-,40-39-,44-43-,47-45-,51-48-. The maximum Gasteiger partial charge on any atom is 0.306 e. The fourth-order valence-electron chi connectivity index (χ4n) is 8.72. The number of carbonyl (C=O) groups excluding carboxylic acids is 3. The Labute approximate surface area is 505 Å². The van der Waals surface area contributed by atoms with Gasteiger partial charge in [0.2, 0.25) is 0 Å². The number of rotatable bonds is 59. The lowest BCUT2D eigenvalue weighted by Crippen LogP contribution is -2.30. The molecule has 0 aromatic carbocycles. The van der Waals surface area contributed by atoms with Crippen molar-refractivity contribution in [2.45, 2.75) is 290 Å². The van der Waals surface area contributed by atoms with Gasteiger partial charge in [0.25, 0.3) is 0 Å². The summed E-state index contributed by atoms with van der Waals surface area (Å²) in [5, 5.41) is 0. The lowest BCUT2D eigenvalue weighted by atomic mass is 10.1. The van der Waals surface area contributed by atoms with Gasteiger partial charge in [-0.3, -0.25) is 14.4 Å². The van der Waals surface area contributed by atoms with Crippen LogP contribution in [0.15, 0.2) is 158 Å². The van der Waals surface area contributed by atoms with Crippen LogP contribution in [-0.2, 0) is 28.6 Å². The summed E-state index contributed by atoms with van der Waals surface area (Å²) in [7, 11) is 0. The van der Waals surface area contributed by atoms with Crippen molar-refractivity contribution < 1.29 is 28.6 Å². The molecule has 0 heterocycles. The molecule has 0 aromatic rings. The van der Waals surface area contributed by atoms with Crippen LogP contribution in [0.5, 0.6) is 0 Å². The fourth-order valence-corrected chi connectivity index (χ4v) is 8.72. The van der Waals surface area contributed by atoms with Gasteiger partial charge in [-0.25, -0.2) is 0 Å². The molecule has 82 heavy (non-hydrogen) atoms. The Kier molecular flexibility index (Phi) is 64.4.